The van der Waals surface area contributed by atoms with Crippen LogP contribution in [-0.4, -0.2) is 15.4 Å². The molecule has 1 amide bonds. The minimum absolute atomic E-state index is 0.0244. The number of pyridine rings is 1. The van der Waals surface area contributed by atoms with Crippen molar-refractivity contribution in [2.45, 2.75) is 13.5 Å². The van der Waals surface area contributed by atoms with Gasteiger partial charge in [0.1, 0.15) is 12.4 Å². The molecule has 0 spiro atoms. The lowest BCUT2D eigenvalue weighted by atomic mass is 10.3. The number of nitro groups is 1. The Hall–Kier alpha value is -3.03. The van der Waals surface area contributed by atoms with E-state index in [-0.39, 0.29) is 5.69 Å². The molecule has 2 rings (SSSR count). The standard InChI is InChI=1S/C14H12FN3O4/c1-9-6-7-12(18(21)22)14(20)17(9)8-13(19)16-11-5-3-2-4-10(11)15/h2-7H,8H2,1H3,(H,16,19). The number of para-hydroxylation sites is 1. The molecule has 0 saturated carbocycles. The molecule has 0 saturated heterocycles. The van der Waals surface area contributed by atoms with E-state index in [2.05, 4.69) is 5.32 Å². The highest BCUT2D eigenvalue weighted by molar-refractivity contribution is 5.90. The number of amides is 1. The second-order valence-electron chi connectivity index (χ2n) is 4.54. The number of aromatic nitrogens is 1. The highest BCUT2D eigenvalue weighted by Gasteiger charge is 2.17. The fraction of sp³-hybridized carbons (Fsp3) is 0.143. The first-order chi connectivity index (χ1) is 10.4. The highest BCUT2D eigenvalue weighted by atomic mass is 19.1. The Kier molecular flexibility index (Phi) is 4.31. The molecule has 8 heteroatoms. The summed E-state index contributed by atoms with van der Waals surface area (Å²) in [6.07, 6.45) is 0. The molecule has 0 fully saturated rings. The van der Waals surface area contributed by atoms with Crippen molar-refractivity contribution in [1.82, 2.24) is 4.57 Å². The van der Waals surface area contributed by atoms with Gasteiger partial charge in [-0.2, -0.15) is 0 Å². The van der Waals surface area contributed by atoms with E-state index < -0.39 is 34.4 Å². The van der Waals surface area contributed by atoms with Crippen molar-refractivity contribution in [2.75, 3.05) is 5.32 Å². The number of anilines is 1. The highest BCUT2D eigenvalue weighted by Crippen LogP contribution is 2.12. The van der Waals surface area contributed by atoms with Crippen LogP contribution in [0.1, 0.15) is 5.69 Å². The van der Waals surface area contributed by atoms with Crippen molar-refractivity contribution in [3.8, 4) is 0 Å². The van der Waals surface area contributed by atoms with Crippen molar-refractivity contribution >= 4 is 17.3 Å². The molecule has 1 heterocycles. The van der Waals surface area contributed by atoms with E-state index in [0.29, 0.717) is 5.69 Å². The second-order valence-corrected chi connectivity index (χ2v) is 4.54. The molecular weight excluding hydrogens is 293 g/mol. The molecule has 114 valence electrons. The summed E-state index contributed by atoms with van der Waals surface area (Å²) in [5.41, 5.74) is -1.14. The van der Waals surface area contributed by atoms with Crippen LogP contribution in [0.3, 0.4) is 0 Å². The number of rotatable bonds is 4. The van der Waals surface area contributed by atoms with E-state index in [1.807, 2.05) is 0 Å². The number of hydrogen-bond donors (Lipinski definition) is 1. The molecule has 0 radical (unpaired) electrons. The quantitative estimate of drug-likeness (QED) is 0.689. The van der Waals surface area contributed by atoms with Gasteiger partial charge in [-0.05, 0) is 25.1 Å². The summed E-state index contributed by atoms with van der Waals surface area (Å²) in [6, 6.07) is 8.03. The average molecular weight is 305 g/mol. The molecule has 1 aromatic heterocycles. The normalized spacial score (nSPS) is 10.3. The third-order valence-electron chi connectivity index (χ3n) is 3.02. The second kappa shape index (κ2) is 6.17. The van der Waals surface area contributed by atoms with Crippen LogP contribution < -0.4 is 10.9 Å². The molecule has 0 aliphatic carbocycles. The van der Waals surface area contributed by atoms with Crippen LogP contribution in [0.2, 0.25) is 0 Å². The summed E-state index contributed by atoms with van der Waals surface area (Å²) in [4.78, 5) is 33.8. The SMILES string of the molecule is Cc1ccc([N+](=O)[O-])c(=O)n1CC(=O)Nc1ccccc1F. The molecule has 22 heavy (non-hydrogen) atoms. The van der Waals surface area contributed by atoms with Gasteiger partial charge in [-0.1, -0.05) is 12.1 Å². The molecule has 0 aliphatic rings. The van der Waals surface area contributed by atoms with Crippen LogP contribution in [0, 0.1) is 22.9 Å². The van der Waals surface area contributed by atoms with Crippen LogP contribution in [-0.2, 0) is 11.3 Å². The van der Waals surface area contributed by atoms with Gasteiger partial charge in [-0.25, -0.2) is 4.39 Å². The van der Waals surface area contributed by atoms with Crippen LogP contribution in [0.25, 0.3) is 0 Å². The lowest BCUT2D eigenvalue weighted by Crippen LogP contribution is -2.30. The maximum Gasteiger partial charge on any atom is 0.334 e. The summed E-state index contributed by atoms with van der Waals surface area (Å²) in [7, 11) is 0. The van der Waals surface area contributed by atoms with E-state index in [4.69, 9.17) is 0 Å². The Labute approximate surface area is 124 Å². The van der Waals surface area contributed by atoms with Crippen LogP contribution >= 0.6 is 0 Å². The topological polar surface area (TPSA) is 94.2 Å². The Morgan fingerprint density at radius 1 is 1.32 bits per heavy atom. The van der Waals surface area contributed by atoms with E-state index in [0.717, 1.165) is 10.6 Å². The summed E-state index contributed by atoms with van der Waals surface area (Å²) in [5, 5.41) is 13.1. The lowest BCUT2D eigenvalue weighted by molar-refractivity contribution is -0.386. The Balaban J connectivity index is 2.26. The number of halogens is 1. The van der Waals surface area contributed by atoms with E-state index in [1.54, 1.807) is 13.0 Å². The fourth-order valence-electron chi connectivity index (χ4n) is 1.89. The number of carbonyl (C=O) groups is 1. The first kappa shape index (κ1) is 15.4. The molecule has 7 nitrogen and oxygen atoms in total. The van der Waals surface area contributed by atoms with Gasteiger partial charge >= 0.3 is 11.2 Å². The number of nitrogens with one attached hydrogen (secondary N) is 1. The zero-order chi connectivity index (χ0) is 16.3. The van der Waals surface area contributed by atoms with Gasteiger partial charge in [0.05, 0.1) is 10.6 Å². The maximum atomic E-state index is 13.4. The van der Waals surface area contributed by atoms with E-state index >= 15 is 0 Å². The smallest absolute Gasteiger partial charge is 0.322 e. The van der Waals surface area contributed by atoms with Gasteiger partial charge in [0, 0.05) is 11.8 Å². The third-order valence-corrected chi connectivity index (χ3v) is 3.02. The number of hydrogen-bond acceptors (Lipinski definition) is 4. The number of benzene rings is 1. The summed E-state index contributed by atoms with van der Waals surface area (Å²) in [6.45, 7) is 1.10. The predicted molar refractivity (Wildman–Crippen MR) is 77.1 cm³/mol. The maximum absolute atomic E-state index is 13.4. The third kappa shape index (κ3) is 3.17. The van der Waals surface area contributed by atoms with Gasteiger partial charge in [-0.15, -0.1) is 0 Å². The monoisotopic (exact) mass is 305 g/mol. The predicted octanol–water partition coefficient (Wildman–Crippen LogP) is 1.84. The van der Waals surface area contributed by atoms with Gasteiger partial charge in [0.15, 0.2) is 0 Å². The van der Waals surface area contributed by atoms with Crippen molar-refractivity contribution in [3.05, 3.63) is 68.4 Å². The van der Waals surface area contributed by atoms with Crippen molar-refractivity contribution in [2.24, 2.45) is 0 Å². The molecule has 1 N–H and O–H groups in total. The van der Waals surface area contributed by atoms with Gasteiger partial charge in [0.2, 0.25) is 5.91 Å². The molecule has 0 atom stereocenters. The van der Waals surface area contributed by atoms with Crippen molar-refractivity contribution in [1.29, 1.82) is 0 Å². The number of aryl methyl sites for hydroxylation is 1. The summed E-state index contributed by atoms with van der Waals surface area (Å²) < 4.78 is 14.4. The van der Waals surface area contributed by atoms with Crippen LogP contribution in [0.15, 0.2) is 41.2 Å². The summed E-state index contributed by atoms with van der Waals surface area (Å²) >= 11 is 0. The fourth-order valence-corrected chi connectivity index (χ4v) is 1.89. The number of nitrogens with zero attached hydrogens (tertiary/aromatic N) is 2. The van der Waals surface area contributed by atoms with Gasteiger partial charge in [0.25, 0.3) is 0 Å². The zero-order valence-corrected chi connectivity index (χ0v) is 11.6. The average Bonchev–Trinajstić information content (AvgIpc) is 2.45. The molecule has 1 aromatic carbocycles. The molecule has 0 aliphatic heterocycles. The first-order valence-electron chi connectivity index (χ1n) is 6.29. The molecular formula is C14H12FN3O4. The van der Waals surface area contributed by atoms with Gasteiger partial charge < -0.3 is 5.32 Å². The van der Waals surface area contributed by atoms with E-state index in [9.17, 15) is 24.1 Å². The van der Waals surface area contributed by atoms with Gasteiger partial charge in [-0.3, -0.25) is 24.3 Å². The Morgan fingerprint density at radius 2 is 2.00 bits per heavy atom. The molecule has 0 bridgehead atoms. The Morgan fingerprint density at radius 3 is 2.64 bits per heavy atom. The summed E-state index contributed by atoms with van der Waals surface area (Å²) in [5.74, 6) is -1.27. The largest absolute Gasteiger partial charge is 0.334 e. The molecule has 2 aromatic rings. The first-order valence-corrected chi connectivity index (χ1v) is 6.29. The Bertz CT molecular complexity index is 801. The minimum Gasteiger partial charge on any atom is -0.322 e. The van der Waals surface area contributed by atoms with Crippen molar-refractivity contribution in [3.63, 3.8) is 0 Å². The zero-order valence-electron chi connectivity index (χ0n) is 11.6. The number of carbonyl (C=O) groups excluding carboxylic acids is 1. The van der Waals surface area contributed by atoms with E-state index in [1.165, 1.54) is 24.3 Å². The lowest BCUT2D eigenvalue weighted by Gasteiger charge is -2.10. The molecule has 0 unspecified atom stereocenters. The minimum atomic E-state index is -0.881. The van der Waals surface area contributed by atoms with Crippen LogP contribution in [0.4, 0.5) is 15.8 Å². The van der Waals surface area contributed by atoms with Crippen molar-refractivity contribution < 1.29 is 14.1 Å². The van der Waals surface area contributed by atoms with Crippen LogP contribution in [0.5, 0.6) is 0 Å².